The number of aromatic nitrogens is 4. The van der Waals surface area contributed by atoms with Crippen molar-refractivity contribution in [3.05, 3.63) is 72.6 Å². The molecule has 0 saturated carbocycles. The topological polar surface area (TPSA) is 72.7 Å². The summed E-state index contributed by atoms with van der Waals surface area (Å²) in [5.41, 5.74) is 1.55. The number of carbonyl (C=O) groups excluding carboxylic acids is 1. The third-order valence-electron chi connectivity index (χ3n) is 3.03. The monoisotopic (exact) mass is 279 g/mol. The molecule has 1 atom stereocenters. The summed E-state index contributed by atoms with van der Waals surface area (Å²) in [6, 6.07) is 18.1. The highest BCUT2D eigenvalue weighted by Gasteiger charge is 2.23. The van der Waals surface area contributed by atoms with Gasteiger partial charge in [0.2, 0.25) is 0 Å². The maximum absolute atomic E-state index is 12.6. The summed E-state index contributed by atoms with van der Waals surface area (Å²) >= 11 is 0. The molecular formula is C15H13N5O. The van der Waals surface area contributed by atoms with Crippen molar-refractivity contribution < 1.29 is 4.79 Å². The lowest BCUT2D eigenvalue weighted by atomic mass is 10.1. The molecule has 2 aromatic carbocycles. The predicted molar refractivity (Wildman–Crippen MR) is 77.5 cm³/mol. The van der Waals surface area contributed by atoms with Crippen LogP contribution in [0.1, 0.15) is 11.6 Å². The second-order valence-corrected chi connectivity index (χ2v) is 4.46. The van der Waals surface area contributed by atoms with Gasteiger partial charge in [-0.1, -0.05) is 48.5 Å². The smallest absolute Gasteiger partial charge is 0.253 e. The number of rotatable bonds is 4. The first-order valence-electron chi connectivity index (χ1n) is 6.48. The zero-order valence-corrected chi connectivity index (χ0v) is 11.1. The fraction of sp³-hybridized carbons (Fsp3) is 0.0667. The van der Waals surface area contributed by atoms with Crippen LogP contribution in [0.3, 0.4) is 0 Å². The molecule has 3 rings (SSSR count). The van der Waals surface area contributed by atoms with Gasteiger partial charge in [-0.15, -0.1) is 5.10 Å². The molecule has 21 heavy (non-hydrogen) atoms. The molecule has 1 unspecified atom stereocenters. The summed E-state index contributed by atoms with van der Waals surface area (Å²) in [6.07, 6.45) is 1.43. The number of para-hydroxylation sites is 1. The Morgan fingerprint density at radius 1 is 1.00 bits per heavy atom. The van der Waals surface area contributed by atoms with E-state index in [1.54, 1.807) is 0 Å². The maximum Gasteiger partial charge on any atom is 0.253 e. The highest BCUT2D eigenvalue weighted by Crippen LogP contribution is 2.19. The maximum atomic E-state index is 12.6. The highest BCUT2D eigenvalue weighted by atomic mass is 16.2. The van der Waals surface area contributed by atoms with Crippen LogP contribution in [0.2, 0.25) is 0 Å². The van der Waals surface area contributed by atoms with Gasteiger partial charge < -0.3 is 5.32 Å². The molecule has 1 amide bonds. The van der Waals surface area contributed by atoms with Crippen molar-refractivity contribution in [2.45, 2.75) is 6.04 Å². The van der Waals surface area contributed by atoms with Crippen LogP contribution in [0.4, 0.5) is 5.69 Å². The van der Waals surface area contributed by atoms with E-state index < -0.39 is 6.04 Å². The van der Waals surface area contributed by atoms with Gasteiger partial charge in [-0.05, 0) is 28.1 Å². The molecule has 0 radical (unpaired) electrons. The number of amides is 1. The van der Waals surface area contributed by atoms with Crippen LogP contribution in [-0.4, -0.2) is 26.1 Å². The number of hydrogen-bond acceptors (Lipinski definition) is 4. The summed E-state index contributed by atoms with van der Waals surface area (Å²) in [5.74, 6) is -0.195. The molecule has 1 heterocycles. The Bertz CT molecular complexity index is 697. The van der Waals surface area contributed by atoms with Crippen molar-refractivity contribution >= 4 is 11.6 Å². The van der Waals surface area contributed by atoms with Gasteiger partial charge in [-0.25, -0.2) is 4.68 Å². The molecule has 0 fully saturated rings. The molecule has 6 heteroatoms. The van der Waals surface area contributed by atoms with Crippen molar-refractivity contribution in [1.82, 2.24) is 20.2 Å². The molecule has 1 aromatic heterocycles. The average molecular weight is 279 g/mol. The quantitative estimate of drug-likeness (QED) is 0.791. The lowest BCUT2D eigenvalue weighted by Gasteiger charge is -2.16. The number of tetrazole rings is 1. The van der Waals surface area contributed by atoms with Crippen molar-refractivity contribution in [2.24, 2.45) is 0 Å². The van der Waals surface area contributed by atoms with E-state index in [1.807, 2.05) is 60.7 Å². The van der Waals surface area contributed by atoms with Crippen LogP contribution >= 0.6 is 0 Å². The minimum Gasteiger partial charge on any atom is -0.324 e. The number of carbonyl (C=O) groups is 1. The first-order chi connectivity index (χ1) is 10.3. The summed E-state index contributed by atoms with van der Waals surface area (Å²) in [4.78, 5) is 12.6. The minimum absolute atomic E-state index is 0.195. The second kappa shape index (κ2) is 5.96. The second-order valence-electron chi connectivity index (χ2n) is 4.46. The van der Waals surface area contributed by atoms with E-state index in [1.165, 1.54) is 11.0 Å². The summed E-state index contributed by atoms with van der Waals surface area (Å²) in [5, 5.41) is 13.9. The van der Waals surface area contributed by atoms with E-state index in [9.17, 15) is 4.79 Å². The normalized spacial score (nSPS) is 11.8. The molecule has 6 nitrogen and oxygen atoms in total. The van der Waals surface area contributed by atoms with E-state index in [0.717, 1.165) is 11.3 Å². The fourth-order valence-corrected chi connectivity index (χ4v) is 2.08. The van der Waals surface area contributed by atoms with E-state index >= 15 is 0 Å². The van der Waals surface area contributed by atoms with Gasteiger partial charge in [0.15, 0.2) is 6.04 Å². The third-order valence-corrected chi connectivity index (χ3v) is 3.03. The highest BCUT2D eigenvalue weighted by molar-refractivity contribution is 5.95. The fourth-order valence-electron chi connectivity index (χ4n) is 2.08. The largest absolute Gasteiger partial charge is 0.324 e. The molecule has 3 aromatic rings. The summed E-state index contributed by atoms with van der Waals surface area (Å²) < 4.78 is 1.44. The standard InChI is InChI=1S/C15H13N5O/c21-15(17-13-9-5-2-6-10-13)14(20-11-16-18-19-20)12-7-3-1-4-8-12/h1-11,14H,(H,17,21). The Morgan fingerprint density at radius 3 is 2.29 bits per heavy atom. The molecule has 104 valence electrons. The summed E-state index contributed by atoms with van der Waals surface area (Å²) in [6.45, 7) is 0. The molecule has 0 aliphatic heterocycles. The molecule has 0 aliphatic carbocycles. The van der Waals surface area contributed by atoms with Crippen molar-refractivity contribution in [1.29, 1.82) is 0 Å². The molecule has 0 aliphatic rings. The van der Waals surface area contributed by atoms with Gasteiger partial charge in [0.05, 0.1) is 0 Å². The number of nitrogens with zero attached hydrogens (tertiary/aromatic N) is 4. The molecular weight excluding hydrogens is 266 g/mol. The Kier molecular flexibility index (Phi) is 3.68. The van der Waals surface area contributed by atoms with E-state index in [0.29, 0.717) is 0 Å². The molecule has 0 spiro atoms. The van der Waals surface area contributed by atoms with Gasteiger partial charge in [0.1, 0.15) is 6.33 Å². The average Bonchev–Trinajstić information content (AvgIpc) is 3.03. The first kappa shape index (κ1) is 13.0. The van der Waals surface area contributed by atoms with Gasteiger partial charge in [-0.3, -0.25) is 4.79 Å². The number of anilines is 1. The number of hydrogen-bond donors (Lipinski definition) is 1. The van der Waals surface area contributed by atoms with E-state index in [4.69, 9.17) is 0 Å². The van der Waals surface area contributed by atoms with Gasteiger partial charge in [0, 0.05) is 5.69 Å². The Morgan fingerprint density at radius 2 is 1.67 bits per heavy atom. The molecule has 0 saturated heterocycles. The molecule has 1 N–H and O–H groups in total. The third kappa shape index (κ3) is 2.94. The Labute approximate surface area is 121 Å². The lowest BCUT2D eigenvalue weighted by Crippen LogP contribution is -2.27. The van der Waals surface area contributed by atoms with E-state index in [-0.39, 0.29) is 5.91 Å². The van der Waals surface area contributed by atoms with Crippen LogP contribution < -0.4 is 5.32 Å². The van der Waals surface area contributed by atoms with Gasteiger partial charge >= 0.3 is 0 Å². The van der Waals surface area contributed by atoms with Crippen molar-refractivity contribution in [3.63, 3.8) is 0 Å². The number of benzene rings is 2. The van der Waals surface area contributed by atoms with Crippen LogP contribution in [0.25, 0.3) is 0 Å². The minimum atomic E-state index is -0.610. The Balaban J connectivity index is 1.91. The van der Waals surface area contributed by atoms with E-state index in [2.05, 4.69) is 20.8 Å². The van der Waals surface area contributed by atoms with Gasteiger partial charge in [0.25, 0.3) is 5.91 Å². The lowest BCUT2D eigenvalue weighted by molar-refractivity contribution is -0.118. The van der Waals surface area contributed by atoms with Crippen LogP contribution in [-0.2, 0) is 4.79 Å². The van der Waals surface area contributed by atoms with Crippen LogP contribution in [0, 0.1) is 0 Å². The van der Waals surface area contributed by atoms with Crippen molar-refractivity contribution in [2.75, 3.05) is 5.32 Å². The predicted octanol–water partition coefficient (Wildman–Crippen LogP) is 1.90. The summed E-state index contributed by atoms with van der Waals surface area (Å²) in [7, 11) is 0. The van der Waals surface area contributed by atoms with Crippen LogP contribution in [0.5, 0.6) is 0 Å². The van der Waals surface area contributed by atoms with Crippen LogP contribution in [0.15, 0.2) is 67.0 Å². The zero-order chi connectivity index (χ0) is 14.5. The molecule has 0 bridgehead atoms. The zero-order valence-electron chi connectivity index (χ0n) is 11.1. The Hall–Kier alpha value is -3.02. The van der Waals surface area contributed by atoms with Crippen molar-refractivity contribution in [3.8, 4) is 0 Å². The SMILES string of the molecule is O=C(Nc1ccccc1)C(c1ccccc1)n1cnnn1. The van der Waals surface area contributed by atoms with Gasteiger partial charge in [-0.2, -0.15) is 0 Å². The first-order valence-corrected chi connectivity index (χ1v) is 6.48. The number of nitrogens with one attached hydrogen (secondary N) is 1.